The summed E-state index contributed by atoms with van der Waals surface area (Å²) in [6.07, 6.45) is -0.738. The Morgan fingerprint density at radius 1 is 0.897 bits per heavy atom. The summed E-state index contributed by atoms with van der Waals surface area (Å²) >= 11 is 5.93. The van der Waals surface area contributed by atoms with Gasteiger partial charge in [0.15, 0.2) is 6.10 Å². The number of halogens is 1. The lowest BCUT2D eigenvalue weighted by Gasteiger charge is -2.15. The largest absolute Gasteiger partial charge is 0.481 e. The van der Waals surface area contributed by atoms with E-state index in [1.54, 1.807) is 55.5 Å². The fraction of sp³-hybridized carbons (Fsp3) is 0.130. The molecule has 0 aliphatic carbocycles. The number of hydrogen-bond donors (Lipinski definition) is 2. The number of hydrogen-bond acceptors (Lipinski definition) is 3. The van der Waals surface area contributed by atoms with Crippen molar-refractivity contribution in [1.29, 1.82) is 0 Å². The molecule has 3 aromatic carbocycles. The third-order valence-corrected chi connectivity index (χ3v) is 4.38. The average Bonchev–Trinajstić information content (AvgIpc) is 2.68. The van der Waals surface area contributed by atoms with Gasteiger partial charge in [-0.3, -0.25) is 9.59 Å². The molecule has 0 aliphatic rings. The van der Waals surface area contributed by atoms with Crippen molar-refractivity contribution in [3.05, 3.63) is 88.9 Å². The van der Waals surface area contributed by atoms with Crippen LogP contribution >= 0.6 is 11.6 Å². The van der Waals surface area contributed by atoms with Gasteiger partial charge in [0, 0.05) is 22.0 Å². The second kappa shape index (κ2) is 9.26. The summed E-state index contributed by atoms with van der Waals surface area (Å²) in [5, 5.41) is 6.15. The van der Waals surface area contributed by atoms with Gasteiger partial charge in [0.1, 0.15) is 5.75 Å². The molecule has 0 aromatic heterocycles. The average molecular weight is 409 g/mol. The van der Waals surface area contributed by atoms with E-state index in [0.29, 0.717) is 27.7 Å². The quantitative estimate of drug-likeness (QED) is 0.581. The maximum Gasteiger partial charge on any atom is 0.265 e. The van der Waals surface area contributed by atoms with Crippen LogP contribution in [0.15, 0.2) is 72.8 Å². The fourth-order valence-electron chi connectivity index (χ4n) is 2.71. The van der Waals surface area contributed by atoms with Gasteiger partial charge in [0.2, 0.25) is 0 Å². The Labute approximate surface area is 174 Å². The molecule has 3 rings (SSSR count). The number of anilines is 2. The summed E-state index contributed by atoms with van der Waals surface area (Å²) in [6, 6.07) is 21.1. The number of amides is 2. The molecule has 29 heavy (non-hydrogen) atoms. The van der Waals surface area contributed by atoms with Gasteiger partial charge < -0.3 is 15.4 Å². The Morgan fingerprint density at radius 3 is 2.31 bits per heavy atom. The first-order chi connectivity index (χ1) is 13.9. The summed E-state index contributed by atoms with van der Waals surface area (Å²) < 4.78 is 5.62. The molecule has 2 N–H and O–H groups in total. The molecule has 0 radical (unpaired) electrons. The van der Waals surface area contributed by atoms with Gasteiger partial charge in [-0.15, -0.1) is 0 Å². The highest BCUT2D eigenvalue weighted by atomic mass is 35.5. The first-order valence-corrected chi connectivity index (χ1v) is 9.50. The molecule has 5 nitrogen and oxygen atoms in total. The number of ether oxygens (including phenoxy) is 1. The number of rotatable bonds is 6. The first kappa shape index (κ1) is 20.4. The number of nitrogens with one attached hydrogen (secondary N) is 2. The predicted molar refractivity (Wildman–Crippen MR) is 116 cm³/mol. The molecule has 1 atom stereocenters. The highest BCUT2D eigenvalue weighted by molar-refractivity contribution is 6.30. The minimum atomic E-state index is -0.738. The predicted octanol–water partition coefficient (Wildman–Crippen LogP) is 5.31. The molecule has 148 valence electrons. The standard InChI is InChI=1S/C23H21ClN2O3/c1-15-6-3-9-19(12-15)26-23(28)17-7-4-10-20(13-17)25-22(27)16(2)29-21-11-5-8-18(24)14-21/h3-14,16H,1-2H3,(H,25,27)(H,26,28). The Balaban J connectivity index is 1.64. The van der Waals surface area contributed by atoms with E-state index in [4.69, 9.17) is 16.3 Å². The van der Waals surface area contributed by atoms with E-state index in [0.717, 1.165) is 5.56 Å². The van der Waals surface area contributed by atoms with Crippen LogP contribution in [-0.2, 0) is 4.79 Å². The van der Waals surface area contributed by atoms with Crippen LogP contribution in [0.5, 0.6) is 5.75 Å². The van der Waals surface area contributed by atoms with Crippen LogP contribution < -0.4 is 15.4 Å². The van der Waals surface area contributed by atoms with E-state index >= 15 is 0 Å². The van der Waals surface area contributed by atoms with E-state index < -0.39 is 6.10 Å². The molecule has 0 saturated heterocycles. The smallest absolute Gasteiger partial charge is 0.265 e. The van der Waals surface area contributed by atoms with Gasteiger partial charge in [-0.05, 0) is 67.9 Å². The van der Waals surface area contributed by atoms with E-state index in [1.165, 1.54) is 0 Å². The zero-order valence-electron chi connectivity index (χ0n) is 16.1. The molecule has 0 bridgehead atoms. The summed E-state index contributed by atoms with van der Waals surface area (Å²) in [6.45, 7) is 3.60. The Morgan fingerprint density at radius 2 is 1.59 bits per heavy atom. The highest BCUT2D eigenvalue weighted by Crippen LogP contribution is 2.19. The minimum absolute atomic E-state index is 0.255. The van der Waals surface area contributed by atoms with E-state index in [9.17, 15) is 9.59 Å². The minimum Gasteiger partial charge on any atom is -0.481 e. The van der Waals surface area contributed by atoms with Crippen molar-refractivity contribution < 1.29 is 14.3 Å². The van der Waals surface area contributed by atoms with Crippen molar-refractivity contribution in [1.82, 2.24) is 0 Å². The molecule has 0 aliphatic heterocycles. The third-order valence-electron chi connectivity index (χ3n) is 4.15. The number of benzene rings is 3. The molecule has 0 heterocycles. The summed E-state index contributed by atoms with van der Waals surface area (Å²) in [5.41, 5.74) is 2.71. The Bertz CT molecular complexity index is 1040. The van der Waals surface area contributed by atoms with Crippen molar-refractivity contribution in [3.8, 4) is 5.75 Å². The first-order valence-electron chi connectivity index (χ1n) is 9.12. The van der Waals surface area contributed by atoms with Crippen LogP contribution in [-0.4, -0.2) is 17.9 Å². The maximum atomic E-state index is 12.5. The summed E-state index contributed by atoms with van der Waals surface area (Å²) in [4.78, 5) is 25.0. The molecular weight excluding hydrogens is 388 g/mol. The van der Waals surface area contributed by atoms with Crippen LogP contribution in [0.25, 0.3) is 0 Å². The number of carbonyl (C=O) groups excluding carboxylic acids is 2. The molecular formula is C23H21ClN2O3. The topological polar surface area (TPSA) is 67.4 Å². The van der Waals surface area contributed by atoms with Gasteiger partial charge in [-0.25, -0.2) is 0 Å². The molecule has 3 aromatic rings. The lowest BCUT2D eigenvalue weighted by molar-refractivity contribution is -0.122. The molecule has 0 spiro atoms. The monoisotopic (exact) mass is 408 g/mol. The lowest BCUT2D eigenvalue weighted by atomic mass is 10.1. The summed E-state index contributed by atoms with van der Waals surface area (Å²) in [5.74, 6) is -0.0809. The van der Waals surface area contributed by atoms with Crippen molar-refractivity contribution in [2.75, 3.05) is 10.6 Å². The van der Waals surface area contributed by atoms with Gasteiger partial charge >= 0.3 is 0 Å². The van der Waals surface area contributed by atoms with Crippen LogP contribution in [0.3, 0.4) is 0 Å². The molecule has 2 amide bonds. The summed E-state index contributed by atoms with van der Waals surface area (Å²) in [7, 11) is 0. The van der Waals surface area contributed by atoms with E-state index in [-0.39, 0.29) is 11.8 Å². The number of aryl methyl sites for hydroxylation is 1. The van der Waals surface area contributed by atoms with Crippen molar-refractivity contribution in [2.45, 2.75) is 20.0 Å². The lowest BCUT2D eigenvalue weighted by Crippen LogP contribution is -2.30. The van der Waals surface area contributed by atoms with Crippen LogP contribution in [0.2, 0.25) is 5.02 Å². The van der Waals surface area contributed by atoms with Crippen molar-refractivity contribution in [2.24, 2.45) is 0 Å². The van der Waals surface area contributed by atoms with Gasteiger partial charge in [0.05, 0.1) is 0 Å². The van der Waals surface area contributed by atoms with Crippen LogP contribution in [0, 0.1) is 6.92 Å². The van der Waals surface area contributed by atoms with Gasteiger partial charge in [0.25, 0.3) is 11.8 Å². The normalized spacial score (nSPS) is 11.4. The van der Waals surface area contributed by atoms with Gasteiger partial charge in [-0.1, -0.05) is 35.9 Å². The van der Waals surface area contributed by atoms with Crippen molar-refractivity contribution in [3.63, 3.8) is 0 Å². The second-order valence-corrected chi connectivity index (χ2v) is 7.05. The van der Waals surface area contributed by atoms with Crippen LogP contribution in [0.1, 0.15) is 22.8 Å². The van der Waals surface area contributed by atoms with E-state index in [1.807, 2.05) is 31.2 Å². The molecule has 0 saturated carbocycles. The highest BCUT2D eigenvalue weighted by Gasteiger charge is 2.16. The molecule has 6 heteroatoms. The zero-order valence-corrected chi connectivity index (χ0v) is 16.9. The second-order valence-electron chi connectivity index (χ2n) is 6.61. The Hall–Kier alpha value is -3.31. The number of carbonyl (C=O) groups is 2. The molecule has 1 unspecified atom stereocenters. The van der Waals surface area contributed by atoms with E-state index in [2.05, 4.69) is 10.6 Å². The Kier molecular flexibility index (Phi) is 6.52. The maximum absolute atomic E-state index is 12.5. The van der Waals surface area contributed by atoms with Crippen LogP contribution in [0.4, 0.5) is 11.4 Å². The fourth-order valence-corrected chi connectivity index (χ4v) is 2.89. The van der Waals surface area contributed by atoms with Gasteiger partial charge in [-0.2, -0.15) is 0 Å². The molecule has 0 fully saturated rings. The SMILES string of the molecule is Cc1cccc(NC(=O)c2cccc(NC(=O)C(C)Oc3cccc(Cl)c3)c2)c1. The third kappa shape index (κ3) is 5.83. The zero-order chi connectivity index (χ0) is 20.8. The van der Waals surface area contributed by atoms with Crippen molar-refractivity contribution >= 4 is 34.8 Å².